The quantitative estimate of drug-likeness (QED) is 0.771. The van der Waals surface area contributed by atoms with Gasteiger partial charge in [-0.2, -0.15) is 0 Å². The van der Waals surface area contributed by atoms with Crippen LogP contribution in [0.5, 0.6) is 0 Å². The average molecular weight is 260 g/mol. The van der Waals surface area contributed by atoms with Crippen LogP contribution in [0.1, 0.15) is 49.1 Å². The van der Waals surface area contributed by atoms with Crippen molar-refractivity contribution in [3.05, 3.63) is 35.4 Å². The number of nitrogens with two attached hydrogens (primary N) is 1. The number of carbonyl (C=O) groups is 1. The van der Waals surface area contributed by atoms with Crippen molar-refractivity contribution in [3.8, 4) is 0 Å². The summed E-state index contributed by atoms with van der Waals surface area (Å²) in [7, 11) is 0. The van der Waals surface area contributed by atoms with Crippen molar-refractivity contribution < 1.29 is 4.79 Å². The fourth-order valence-electron chi connectivity index (χ4n) is 2.81. The Kier molecular flexibility index (Phi) is 5.40. The molecular formula is C16H24N2O. The molecule has 0 saturated carbocycles. The number of fused-ring (bicyclic) bond motifs is 1. The van der Waals surface area contributed by atoms with Gasteiger partial charge in [-0.15, -0.1) is 0 Å². The Labute approximate surface area is 115 Å². The second-order valence-electron chi connectivity index (χ2n) is 5.28. The zero-order valence-corrected chi connectivity index (χ0v) is 11.5. The number of hydrogen-bond donors (Lipinski definition) is 2. The Morgan fingerprint density at radius 2 is 2.11 bits per heavy atom. The maximum atomic E-state index is 12.3. The highest BCUT2D eigenvalue weighted by molar-refractivity contribution is 5.84. The van der Waals surface area contributed by atoms with Crippen LogP contribution in [0.25, 0.3) is 0 Å². The van der Waals surface area contributed by atoms with Crippen LogP contribution in [0, 0.1) is 0 Å². The molecule has 1 aliphatic rings. The lowest BCUT2D eigenvalue weighted by Crippen LogP contribution is -2.32. The predicted octanol–water partition coefficient (Wildman–Crippen LogP) is 2.35. The Hall–Kier alpha value is -1.35. The number of rotatable bonds is 6. The largest absolute Gasteiger partial charge is 0.356 e. The zero-order valence-electron chi connectivity index (χ0n) is 11.5. The van der Waals surface area contributed by atoms with E-state index in [2.05, 4.69) is 23.5 Å². The summed E-state index contributed by atoms with van der Waals surface area (Å²) in [5.74, 6) is 0.249. The van der Waals surface area contributed by atoms with Gasteiger partial charge in [0.25, 0.3) is 0 Å². The van der Waals surface area contributed by atoms with Gasteiger partial charge in [0.05, 0.1) is 5.92 Å². The molecule has 1 aromatic rings. The number of carbonyl (C=O) groups excluding carboxylic acids is 1. The first-order valence-electron chi connectivity index (χ1n) is 7.38. The van der Waals surface area contributed by atoms with Crippen molar-refractivity contribution >= 4 is 5.91 Å². The van der Waals surface area contributed by atoms with E-state index in [1.165, 1.54) is 11.1 Å². The number of amides is 1. The highest BCUT2D eigenvalue weighted by Gasteiger charge is 2.25. The topological polar surface area (TPSA) is 55.1 Å². The van der Waals surface area contributed by atoms with E-state index in [0.717, 1.165) is 51.6 Å². The van der Waals surface area contributed by atoms with E-state index in [9.17, 15) is 4.79 Å². The number of benzene rings is 1. The monoisotopic (exact) mass is 260 g/mol. The molecule has 0 aliphatic heterocycles. The summed E-state index contributed by atoms with van der Waals surface area (Å²) >= 11 is 0. The first-order valence-corrected chi connectivity index (χ1v) is 7.38. The molecule has 3 nitrogen and oxygen atoms in total. The molecule has 0 aromatic heterocycles. The lowest BCUT2D eigenvalue weighted by molar-refractivity contribution is -0.122. The van der Waals surface area contributed by atoms with Gasteiger partial charge in [-0.1, -0.05) is 30.7 Å². The molecule has 3 N–H and O–H groups in total. The first kappa shape index (κ1) is 14.1. The highest BCUT2D eigenvalue weighted by atomic mass is 16.1. The van der Waals surface area contributed by atoms with Crippen LogP contribution in [-0.4, -0.2) is 19.0 Å². The van der Waals surface area contributed by atoms with E-state index >= 15 is 0 Å². The lowest BCUT2D eigenvalue weighted by Gasteiger charge is -2.24. The van der Waals surface area contributed by atoms with Crippen LogP contribution in [0.2, 0.25) is 0 Å². The van der Waals surface area contributed by atoms with Gasteiger partial charge in [-0.3, -0.25) is 4.79 Å². The highest BCUT2D eigenvalue weighted by Crippen LogP contribution is 2.31. The SMILES string of the molecule is NCCCCCNC(=O)C1CCCc2ccccc21. The van der Waals surface area contributed by atoms with Crippen molar-refractivity contribution in [1.29, 1.82) is 0 Å². The number of unbranched alkanes of at least 4 members (excludes halogenated alkanes) is 2. The fraction of sp³-hybridized carbons (Fsp3) is 0.562. The molecule has 0 bridgehead atoms. The molecular weight excluding hydrogens is 236 g/mol. The van der Waals surface area contributed by atoms with Crippen LogP contribution in [0.3, 0.4) is 0 Å². The Morgan fingerprint density at radius 1 is 1.26 bits per heavy atom. The van der Waals surface area contributed by atoms with E-state index in [-0.39, 0.29) is 11.8 Å². The molecule has 0 radical (unpaired) electrons. The van der Waals surface area contributed by atoms with Gasteiger partial charge in [-0.25, -0.2) is 0 Å². The minimum atomic E-state index is 0.0551. The normalized spacial score (nSPS) is 17.8. The first-order chi connectivity index (χ1) is 9.33. The number of nitrogens with one attached hydrogen (secondary N) is 1. The number of aryl methyl sites for hydroxylation is 1. The third-order valence-electron chi connectivity index (χ3n) is 3.87. The van der Waals surface area contributed by atoms with Crippen LogP contribution < -0.4 is 11.1 Å². The molecule has 1 amide bonds. The molecule has 0 saturated heterocycles. The van der Waals surface area contributed by atoms with Crippen molar-refractivity contribution in [1.82, 2.24) is 5.32 Å². The maximum Gasteiger partial charge on any atom is 0.227 e. The van der Waals surface area contributed by atoms with Crippen LogP contribution in [0.4, 0.5) is 0 Å². The molecule has 1 atom stereocenters. The third kappa shape index (κ3) is 3.80. The Bertz CT molecular complexity index is 417. The van der Waals surface area contributed by atoms with E-state index < -0.39 is 0 Å². The van der Waals surface area contributed by atoms with Crippen LogP contribution in [-0.2, 0) is 11.2 Å². The lowest BCUT2D eigenvalue weighted by atomic mass is 9.82. The van der Waals surface area contributed by atoms with E-state index in [1.54, 1.807) is 0 Å². The summed E-state index contributed by atoms with van der Waals surface area (Å²) in [5.41, 5.74) is 8.03. The third-order valence-corrected chi connectivity index (χ3v) is 3.87. The minimum Gasteiger partial charge on any atom is -0.356 e. The van der Waals surface area contributed by atoms with E-state index in [1.807, 2.05) is 6.07 Å². The average Bonchev–Trinajstić information content (AvgIpc) is 2.46. The van der Waals surface area contributed by atoms with Crippen LogP contribution >= 0.6 is 0 Å². The van der Waals surface area contributed by atoms with Crippen LogP contribution in [0.15, 0.2) is 24.3 Å². The summed E-state index contributed by atoms with van der Waals surface area (Å²) in [6.07, 6.45) is 6.36. The van der Waals surface area contributed by atoms with E-state index in [4.69, 9.17) is 5.73 Å². The zero-order chi connectivity index (χ0) is 13.5. The van der Waals surface area contributed by atoms with Gasteiger partial charge in [-0.05, 0) is 49.8 Å². The summed E-state index contributed by atoms with van der Waals surface area (Å²) in [6, 6.07) is 8.35. The van der Waals surface area contributed by atoms with Gasteiger partial charge in [0.1, 0.15) is 0 Å². The van der Waals surface area contributed by atoms with Crippen molar-refractivity contribution in [2.24, 2.45) is 5.73 Å². The molecule has 19 heavy (non-hydrogen) atoms. The van der Waals surface area contributed by atoms with Gasteiger partial charge in [0, 0.05) is 6.54 Å². The molecule has 0 heterocycles. The molecule has 104 valence electrons. The molecule has 3 heteroatoms. The van der Waals surface area contributed by atoms with E-state index in [0.29, 0.717) is 0 Å². The Morgan fingerprint density at radius 3 is 2.95 bits per heavy atom. The summed E-state index contributed by atoms with van der Waals surface area (Å²) in [4.78, 5) is 12.3. The fourth-order valence-corrected chi connectivity index (χ4v) is 2.81. The van der Waals surface area contributed by atoms with Gasteiger partial charge in [0.2, 0.25) is 5.91 Å². The van der Waals surface area contributed by atoms with Crippen molar-refractivity contribution in [3.63, 3.8) is 0 Å². The Balaban J connectivity index is 1.86. The smallest absolute Gasteiger partial charge is 0.227 e. The van der Waals surface area contributed by atoms with Gasteiger partial charge >= 0.3 is 0 Å². The van der Waals surface area contributed by atoms with Gasteiger partial charge in [0.15, 0.2) is 0 Å². The van der Waals surface area contributed by atoms with Gasteiger partial charge < -0.3 is 11.1 Å². The molecule has 1 aliphatic carbocycles. The molecule has 1 unspecified atom stereocenters. The summed E-state index contributed by atoms with van der Waals surface area (Å²) in [5, 5.41) is 3.07. The summed E-state index contributed by atoms with van der Waals surface area (Å²) in [6.45, 7) is 1.52. The standard InChI is InChI=1S/C16H24N2O/c17-11-4-1-5-12-18-16(19)15-10-6-8-13-7-2-3-9-14(13)15/h2-3,7,9,15H,1,4-6,8,10-12,17H2,(H,18,19). The second kappa shape index (κ2) is 7.29. The molecule has 0 spiro atoms. The molecule has 0 fully saturated rings. The maximum absolute atomic E-state index is 12.3. The van der Waals surface area contributed by atoms with Crippen molar-refractivity contribution in [2.45, 2.75) is 44.4 Å². The predicted molar refractivity (Wildman–Crippen MR) is 78.0 cm³/mol. The second-order valence-corrected chi connectivity index (χ2v) is 5.28. The minimum absolute atomic E-state index is 0.0551. The summed E-state index contributed by atoms with van der Waals surface area (Å²) < 4.78 is 0. The molecule has 1 aromatic carbocycles. The van der Waals surface area contributed by atoms with Crippen molar-refractivity contribution in [2.75, 3.05) is 13.1 Å². The number of hydrogen-bond acceptors (Lipinski definition) is 2. The molecule has 2 rings (SSSR count).